The summed E-state index contributed by atoms with van der Waals surface area (Å²) >= 11 is 0. The molecule has 3 aromatic rings. The fourth-order valence-electron chi connectivity index (χ4n) is 3.19. The second-order valence-electron chi connectivity index (χ2n) is 5.90. The smallest absolute Gasteiger partial charge is 0.255 e. The number of carbonyl (C=O) groups is 2. The van der Waals surface area contributed by atoms with Gasteiger partial charge in [-0.1, -0.05) is 48.5 Å². The summed E-state index contributed by atoms with van der Waals surface area (Å²) in [5.74, 6) is 0.0893. The Labute approximate surface area is 144 Å². The maximum atomic E-state index is 12.8. The van der Waals surface area contributed by atoms with Crippen molar-refractivity contribution in [3.05, 3.63) is 71.9 Å². The first-order chi connectivity index (χ1) is 12.2. The van der Waals surface area contributed by atoms with Gasteiger partial charge >= 0.3 is 0 Å². The lowest BCUT2D eigenvalue weighted by atomic mass is 10.0. The van der Waals surface area contributed by atoms with E-state index in [9.17, 15) is 9.59 Å². The first-order valence-corrected chi connectivity index (χ1v) is 7.91. The molecule has 0 saturated heterocycles. The van der Waals surface area contributed by atoms with E-state index in [0.717, 1.165) is 22.0 Å². The number of nitrogens with zero attached hydrogens (tertiary/aromatic N) is 3. The Morgan fingerprint density at radius 3 is 2.56 bits per heavy atom. The normalized spacial score (nSPS) is 17.3. The van der Waals surface area contributed by atoms with E-state index in [1.165, 1.54) is 5.01 Å². The molecule has 25 heavy (non-hydrogen) atoms. The van der Waals surface area contributed by atoms with Crippen molar-refractivity contribution in [2.45, 2.75) is 6.04 Å². The standard InChI is InChI=1S/C19H16N4O2/c1-22-11-15(14-9-5-6-10-16(14)22)17-19(25)20-18(21-23(17)12-24)13-7-3-2-4-8-13/h2-12,17H,1H3,(H,20,21,25). The molecular formula is C19H16N4O2. The number of fused-ring (bicyclic) bond motifs is 1. The van der Waals surface area contributed by atoms with Crippen molar-refractivity contribution in [1.82, 2.24) is 14.9 Å². The molecule has 0 saturated carbocycles. The zero-order valence-corrected chi connectivity index (χ0v) is 13.6. The van der Waals surface area contributed by atoms with E-state index < -0.39 is 6.04 Å². The van der Waals surface area contributed by atoms with E-state index in [0.29, 0.717) is 12.2 Å². The number of nitrogens with one attached hydrogen (secondary N) is 1. The number of hydrazone groups is 1. The number of amides is 2. The third kappa shape index (κ3) is 2.48. The van der Waals surface area contributed by atoms with Crippen molar-refractivity contribution in [2.75, 3.05) is 0 Å². The number of carbonyl (C=O) groups excluding carboxylic acids is 2. The van der Waals surface area contributed by atoms with Gasteiger partial charge in [-0.25, -0.2) is 5.01 Å². The van der Waals surface area contributed by atoms with Crippen molar-refractivity contribution in [3.63, 3.8) is 0 Å². The van der Waals surface area contributed by atoms with E-state index in [1.807, 2.05) is 72.4 Å². The largest absolute Gasteiger partial charge is 0.350 e. The van der Waals surface area contributed by atoms with Crippen molar-refractivity contribution in [1.29, 1.82) is 0 Å². The summed E-state index contributed by atoms with van der Waals surface area (Å²) in [4.78, 5) is 24.4. The number of rotatable bonds is 3. The molecule has 0 bridgehead atoms. The van der Waals surface area contributed by atoms with Crippen LogP contribution in [0.15, 0.2) is 65.9 Å². The number of para-hydroxylation sites is 1. The molecule has 2 heterocycles. The zero-order chi connectivity index (χ0) is 17.4. The van der Waals surface area contributed by atoms with Gasteiger partial charge in [-0.2, -0.15) is 5.10 Å². The first-order valence-electron chi connectivity index (χ1n) is 7.91. The minimum atomic E-state index is -0.795. The summed E-state index contributed by atoms with van der Waals surface area (Å²) in [5.41, 5.74) is 2.49. The van der Waals surface area contributed by atoms with Crippen LogP contribution in [0.1, 0.15) is 17.2 Å². The summed E-state index contributed by atoms with van der Waals surface area (Å²) in [6.45, 7) is 0. The van der Waals surface area contributed by atoms with E-state index >= 15 is 0 Å². The predicted molar refractivity (Wildman–Crippen MR) is 94.7 cm³/mol. The van der Waals surface area contributed by atoms with Crippen molar-refractivity contribution >= 4 is 29.1 Å². The third-order valence-electron chi connectivity index (χ3n) is 4.35. The van der Waals surface area contributed by atoms with Gasteiger partial charge in [0.05, 0.1) is 0 Å². The van der Waals surface area contributed by atoms with Crippen LogP contribution in [0.2, 0.25) is 0 Å². The molecule has 1 N–H and O–H groups in total. The van der Waals surface area contributed by atoms with Crippen LogP contribution in [0.5, 0.6) is 0 Å². The fraction of sp³-hybridized carbons (Fsp3) is 0.105. The van der Waals surface area contributed by atoms with E-state index in [-0.39, 0.29) is 5.91 Å². The molecule has 1 aromatic heterocycles. The number of hydrogen-bond donors (Lipinski definition) is 1. The molecule has 0 aliphatic carbocycles. The van der Waals surface area contributed by atoms with Crippen LogP contribution in [0.25, 0.3) is 10.9 Å². The molecular weight excluding hydrogens is 316 g/mol. The monoisotopic (exact) mass is 332 g/mol. The second-order valence-corrected chi connectivity index (χ2v) is 5.90. The van der Waals surface area contributed by atoms with Crippen LogP contribution >= 0.6 is 0 Å². The lowest BCUT2D eigenvalue weighted by molar-refractivity contribution is -0.133. The molecule has 0 radical (unpaired) electrons. The average molecular weight is 332 g/mol. The summed E-state index contributed by atoms with van der Waals surface area (Å²) in [6, 6.07) is 16.2. The SMILES string of the molecule is Cn1cc(C2C(=O)NC(c3ccccc3)=NN2C=O)c2ccccc21. The Kier molecular flexibility index (Phi) is 3.57. The number of benzene rings is 2. The van der Waals surface area contributed by atoms with Gasteiger partial charge in [-0.15, -0.1) is 0 Å². The highest BCUT2D eigenvalue weighted by Crippen LogP contribution is 2.31. The van der Waals surface area contributed by atoms with Gasteiger partial charge in [-0.3, -0.25) is 9.59 Å². The summed E-state index contributed by atoms with van der Waals surface area (Å²) in [7, 11) is 1.91. The number of amidine groups is 1. The Hall–Kier alpha value is -3.41. The topological polar surface area (TPSA) is 66.7 Å². The number of aryl methyl sites for hydroxylation is 1. The molecule has 6 heteroatoms. The average Bonchev–Trinajstić information content (AvgIpc) is 2.98. The van der Waals surface area contributed by atoms with Crippen LogP contribution in [-0.4, -0.2) is 27.7 Å². The molecule has 1 atom stereocenters. The molecule has 1 aliphatic rings. The minimum absolute atomic E-state index is 0.280. The van der Waals surface area contributed by atoms with Gasteiger partial charge in [0.25, 0.3) is 5.91 Å². The van der Waals surface area contributed by atoms with E-state index in [2.05, 4.69) is 10.4 Å². The van der Waals surface area contributed by atoms with E-state index in [4.69, 9.17) is 0 Å². The predicted octanol–water partition coefficient (Wildman–Crippen LogP) is 2.17. The van der Waals surface area contributed by atoms with Crippen LogP contribution in [-0.2, 0) is 16.6 Å². The van der Waals surface area contributed by atoms with Gasteiger partial charge in [0, 0.05) is 35.3 Å². The lowest BCUT2D eigenvalue weighted by Crippen LogP contribution is -2.46. The molecule has 2 amide bonds. The van der Waals surface area contributed by atoms with Gasteiger partial charge in [0.1, 0.15) is 0 Å². The van der Waals surface area contributed by atoms with Crippen molar-refractivity contribution in [3.8, 4) is 0 Å². The Bertz CT molecular complexity index is 991. The Morgan fingerprint density at radius 2 is 1.80 bits per heavy atom. The summed E-state index contributed by atoms with van der Waals surface area (Å²) in [5, 5.41) is 9.27. The fourth-order valence-corrected chi connectivity index (χ4v) is 3.19. The van der Waals surface area contributed by atoms with Gasteiger partial charge < -0.3 is 9.88 Å². The van der Waals surface area contributed by atoms with E-state index in [1.54, 1.807) is 0 Å². The molecule has 1 unspecified atom stereocenters. The maximum Gasteiger partial charge on any atom is 0.255 e. The quantitative estimate of drug-likeness (QED) is 0.747. The molecule has 124 valence electrons. The Balaban J connectivity index is 1.81. The maximum absolute atomic E-state index is 12.8. The summed E-state index contributed by atoms with van der Waals surface area (Å²) in [6.07, 6.45) is 2.46. The summed E-state index contributed by atoms with van der Waals surface area (Å²) < 4.78 is 1.94. The highest BCUT2D eigenvalue weighted by Gasteiger charge is 2.34. The number of hydrogen-bond acceptors (Lipinski definition) is 3. The Morgan fingerprint density at radius 1 is 1.08 bits per heavy atom. The molecule has 0 spiro atoms. The van der Waals surface area contributed by atoms with Crippen LogP contribution < -0.4 is 5.32 Å². The second kappa shape index (κ2) is 5.90. The molecule has 0 fully saturated rings. The highest BCUT2D eigenvalue weighted by molar-refractivity contribution is 6.11. The lowest BCUT2D eigenvalue weighted by Gasteiger charge is -2.28. The number of aromatic nitrogens is 1. The van der Waals surface area contributed by atoms with Crippen LogP contribution in [0, 0.1) is 0 Å². The molecule has 4 rings (SSSR count). The van der Waals surface area contributed by atoms with Gasteiger partial charge in [0.2, 0.25) is 6.41 Å². The molecule has 1 aliphatic heterocycles. The molecule has 2 aromatic carbocycles. The van der Waals surface area contributed by atoms with Gasteiger partial charge in [0.15, 0.2) is 11.9 Å². The van der Waals surface area contributed by atoms with Crippen LogP contribution in [0.3, 0.4) is 0 Å². The van der Waals surface area contributed by atoms with Crippen molar-refractivity contribution < 1.29 is 9.59 Å². The zero-order valence-electron chi connectivity index (χ0n) is 13.6. The first kappa shape index (κ1) is 15.1. The third-order valence-corrected chi connectivity index (χ3v) is 4.35. The van der Waals surface area contributed by atoms with Crippen LogP contribution in [0.4, 0.5) is 0 Å². The molecule has 6 nitrogen and oxygen atoms in total. The van der Waals surface area contributed by atoms with Crippen molar-refractivity contribution in [2.24, 2.45) is 12.1 Å². The van der Waals surface area contributed by atoms with Gasteiger partial charge in [-0.05, 0) is 6.07 Å². The highest BCUT2D eigenvalue weighted by atomic mass is 16.2. The minimum Gasteiger partial charge on any atom is -0.350 e.